The van der Waals surface area contributed by atoms with Gasteiger partial charge in [-0.15, -0.1) is 0 Å². The first-order valence-electron chi connectivity index (χ1n) is 5.27. The summed E-state index contributed by atoms with van der Waals surface area (Å²) >= 11 is 5.05. The van der Waals surface area contributed by atoms with Gasteiger partial charge in [0.1, 0.15) is 0 Å². The van der Waals surface area contributed by atoms with E-state index in [9.17, 15) is 4.79 Å². The van der Waals surface area contributed by atoms with E-state index in [-0.39, 0.29) is 11.6 Å². The maximum absolute atomic E-state index is 11.3. The SMILES string of the molecule is COC(=O)N1CCN(C(C)(C)C(N)=S)CC1. The Hall–Kier alpha value is -0.880. The fraction of sp³-hybridized carbons (Fsp3) is 0.800. The fourth-order valence-corrected chi connectivity index (χ4v) is 1.86. The molecule has 1 aliphatic heterocycles. The quantitative estimate of drug-likeness (QED) is 0.715. The Labute approximate surface area is 102 Å². The molecule has 0 aromatic carbocycles. The molecule has 1 amide bonds. The number of methoxy groups -OCH3 is 1. The molecule has 1 rings (SSSR count). The highest BCUT2D eigenvalue weighted by Crippen LogP contribution is 2.17. The zero-order valence-corrected chi connectivity index (χ0v) is 10.8. The topological polar surface area (TPSA) is 58.8 Å². The third-order valence-corrected chi connectivity index (χ3v) is 3.61. The van der Waals surface area contributed by atoms with Gasteiger partial charge < -0.3 is 15.4 Å². The average molecular weight is 245 g/mol. The monoisotopic (exact) mass is 245 g/mol. The molecule has 0 aromatic rings. The Morgan fingerprint density at radius 1 is 1.31 bits per heavy atom. The predicted octanol–water partition coefficient (Wildman–Crippen LogP) is 0.435. The van der Waals surface area contributed by atoms with E-state index < -0.39 is 0 Å². The van der Waals surface area contributed by atoms with E-state index in [0.29, 0.717) is 18.1 Å². The van der Waals surface area contributed by atoms with E-state index in [0.717, 1.165) is 13.1 Å². The molecule has 0 aromatic heterocycles. The van der Waals surface area contributed by atoms with E-state index in [1.807, 2.05) is 13.8 Å². The molecular formula is C10H19N3O2S. The fourth-order valence-electron chi connectivity index (χ4n) is 1.73. The van der Waals surface area contributed by atoms with Crippen molar-refractivity contribution in [3.63, 3.8) is 0 Å². The van der Waals surface area contributed by atoms with Crippen LogP contribution in [0.15, 0.2) is 0 Å². The van der Waals surface area contributed by atoms with Crippen LogP contribution in [0.25, 0.3) is 0 Å². The minimum absolute atomic E-state index is 0.271. The van der Waals surface area contributed by atoms with Gasteiger partial charge in [0.05, 0.1) is 17.6 Å². The maximum atomic E-state index is 11.3. The molecule has 5 nitrogen and oxygen atoms in total. The number of hydrogen-bond donors (Lipinski definition) is 1. The number of hydrogen-bond acceptors (Lipinski definition) is 4. The first-order chi connectivity index (χ1) is 7.39. The van der Waals surface area contributed by atoms with Crippen molar-refractivity contribution in [1.82, 2.24) is 9.80 Å². The van der Waals surface area contributed by atoms with Gasteiger partial charge in [0.2, 0.25) is 0 Å². The Bertz CT molecular complexity index is 286. The van der Waals surface area contributed by atoms with Crippen molar-refractivity contribution >= 4 is 23.3 Å². The number of carbonyl (C=O) groups is 1. The van der Waals surface area contributed by atoms with Gasteiger partial charge in [-0.1, -0.05) is 12.2 Å². The summed E-state index contributed by atoms with van der Waals surface area (Å²) in [6, 6.07) is 0. The number of nitrogens with zero attached hydrogens (tertiary/aromatic N) is 2. The molecule has 0 saturated carbocycles. The number of nitrogens with two attached hydrogens (primary N) is 1. The van der Waals surface area contributed by atoms with Crippen LogP contribution < -0.4 is 5.73 Å². The van der Waals surface area contributed by atoms with Gasteiger partial charge in [0.25, 0.3) is 0 Å². The first-order valence-corrected chi connectivity index (χ1v) is 5.68. The summed E-state index contributed by atoms with van der Waals surface area (Å²) in [7, 11) is 1.40. The van der Waals surface area contributed by atoms with Crippen molar-refractivity contribution in [2.24, 2.45) is 5.73 Å². The van der Waals surface area contributed by atoms with Crippen molar-refractivity contribution in [2.75, 3.05) is 33.3 Å². The normalized spacial score (nSPS) is 18.3. The lowest BCUT2D eigenvalue weighted by atomic mass is 10.0. The van der Waals surface area contributed by atoms with E-state index in [4.69, 9.17) is 18.0 Å². The van der Waals surface area contributed by atoms with Crippen molar-refractivity contribution in [3.8, 4) is 0 Å². The molecule has 2 N–H and O–H groups in total. The molecular weight excluding hydrogens is 226 g/mol. The van der Waals surface area contributed by atoms with Crippen molar-refractivity contribution < 1.29 is 9.53 Å². The molecule has 92 valence electrons. The molecule has 0 unspecified atom stereocenters. The molecule has 0 spiro atoms. The molecule has 1 heterocycles. The van der Waals surface area contributed by atoms with Crippen LogP contribution in [0.5, 0.6) is 0 Å². The number of ether oxygens (including phenoxy) is 1. The van der Waals surface area contributed by atoms with Crippen LogP contribution in [0.4, 0.5) is 4.79 Å². The third kappa shape index (κ3) is 2.62. The van der Waals surface area contributed by atoms with Crippen molar-refractivity contribution in [1.29, 1.82) is 0 Å². The lowest BCUT2D eigenvalue weighted by Gasteiger charge is -2.42. The summed E-state index contributed by atoms with van der Waals surface area (Å²) in [6.45, 7) is 6.84. The number of carbonyl (C=O) groups excluding carboxylic acids is 1. The zero-order valence-electron chi connectivity index (χ0n) is 10.0. The van der Waals surface area contributed by atoms with Crippen LogP contribution in [-0.2, 0) is 4.74 Å². The minimum Gasteiger partial charge on any atom is -0.453 e. The lowest BCUT2D eigenvalue weighted by molar-refractivity contribution is 0.0688. The summed E-state index contributed by atoms with van der Waals surface area (Å²) in [5, 5.41) is 0. The molecule has 1 fully saturated rings. The summed E-state index contributed by atoms with van der Waals surface area (Å²) in [5.74, 6) is 0. The number of piperazine rings is 1. The minimum atomic E-state index is -0.294. The van der Waals surface area contributed by atoms with E-state index in [1.165, 1.54) is 7.11 Å². The van der Waals surface area contributed by atoms with Crippen LogP contribution in [0.1, 0.15) is 13.8 Å². The van der Waals surface area contributed by atoms with Crippen molar-refractivity contribution in [2.45, 2.75) is 19.4 Å². The zero-order chi connectivity index (χ0) is 12.3. The molecule has 16 heavy (non-hydrogen) atoms. The summed E-state index contributed by atoms with van der Waals surface area (Å²) in [4.78, 5) is 15.7. The lowest BCUT2D eigenvalue weighted by Crippen LogP contribution is -2.59. The second-order valence-corrected chi connectivity index (χ2v) is 4.81. The van der Waals surface area contributed by atoms with Crippen LogP contribution >= 0.6 is 12.2 Å². The van der Waals surface area contributed by atoms with Crippen LogP contribution in [0.2, 0.25) is 0 Å². The molecule has 6 heteroatoms. The second-order valence-electron chi connectivity index (χ2n) is 4.37. The number of rotatable bonds is 2. The van der Waals surface area contributed by atoms with Gasteiger partial charge in [0, 0.05) is 26.2 Å². The van der Waals surface area contributed by atoms with Gasteiger partial charge in [-0.05, 0) is 13.8 Å². The molecule has 1 saturated heterocycles. The largest absolute Gasteiger partial charge is 0.453 e. The van der Waals surface area contributed by atoms with Gasteiger partial charge in [-0.2, -0.15) is 0 Å². The first kappa shape index (κ1) is 13.2. The Morgan fingerprint density at radius 2 is 1.81 bits per heavy atom. The highest BCUT2D eigenvalue weighted by atomic mass is 32.1. The standard InChI is InChI=1S/C10H19N3O2S/c1-10(2,8(11)16)13-6-4-12(5-7-13)9(14)15-3/h4-7H2,1-3H3,(H2,11,16). The van der Waals surface area contributed by atoms with Crippen LogP contribution in [-0.4, -0.2) is 59.7 Å². The van der Waals surface area contributed by atoms with E-state index >= 15 is 0 Å². The van der Waals surface area contributed by atoms with Crippen molar-refractivity contribution in [3.05, 3.63) is 0 Å². The van der Waals surface area contributed by atoms with Gasteiger partial charge in [0.15, 0.2) is 0 Å². The average Bonchev–Trinajstić information content (AvgIpc) is 2.28. The van der Waals surface area contributed by atoms with E-state index in [1.54, 1.807) is 4.90 Å². The molecule has 0 aliphatic carbocycles. The second kappa shape index (κ2) is 4.97. The summed E-state index contributed by atoms with van der Waals surface area (Å²) < 4.78 is 4.68. The molecule has 0 bridgehead atoms. The number of amides is 1. The van der Waals surface area contributed by atoms with Crippen LogP contribution in [0.3, 0.4) is 0 Å². The highest BCUT2D eigenvalue weighted by Gasteiger charge is 2.33. The Kier molecular flexibility index (Phi) is 4.09. The Morgan fingerprint density at radius 3 is 2.19 bits per heavy atom. The smallest absolute Gasteiger partial charge is 0.409 e. The van der Waals surface area contributed by atoms with Crippen LogP contribution in [0, 0.1) is 0 Å². The third-order valence-electron chi connectivity index (χ3n) is 3.11. The van der Waals surface area contributed by atoms with E-state index in [2.05, 4.69) is 9.64 Å². The Balaban J connectivity index is 2.55. The molecule has 0 radical (unpaired) electrons. The van der Waals surface area contributed by atoms with Gasteiger partial charge in [-0.25, -0.2) is 4.79 Å². The molecule has 0 atom stereocenters. The summed E-state index contributed by atoms with van der Waals surface area (Å²) in [6.07, 6.45) is -0.271. The highest BCUT2D eigenvalue weighted by molar-refractivity contribution is 7.80. The number of thiocarbonyl (C=S) groups is 1. The van der Waals surface area contributed by atoms with Gasteiger partial charge >= 0.3 is 6.09 Å². The predicted molar refractivity (Wildman–Crippen MR) is 66.4 cm³/mol. The maximum Gasteiger partial charge on any atom is 0.409 e. The summed E-state index contributed by atoms with van der Waals surface area (Å²) in [5.41, 5.74) is 5.41. The molecule has 1 aliphatic rings. The van der Waals surface area contributed by atoms with Gasteiger partial charge in [-0.3, -0.25) is 4.90 Å².